The molecule has 0 aliphatic rings. The molecule has 0 bridgehead atoms. The number of rotatable bonds is 4. The first-order valence-corrected chi connectivity index (χ1v) is 6.06. The van der Waals surface area contributed by atoms with Crippen LogP contribution in [0.5, 0.6) is 5.75 Å². The Kier molecular flexibility index (Phi) is 4.18. The fourth-order valence-electron chi connectivity index (χ4n) is 1.82. The predicted molar refractivity (Wildman–Crippen MR) is 73.8 cm³/mol. The van der Waals surface area contributed by atoms with Gasteiger partial charge in [-0.25, -0.2) is 4.39 Å². The molecule has 3 N–H and O–H groups in total. The van der Waals surface area contributed by atoms with Crippen molar-refractivity contribution in [3.05, 3.63) is 59.4 Å². The zero-order valence-corrected chi connectivity index (χ0v) is 10.8. The van der Waals surface area contributed by atoms with Crippen LogP contribution in [0, 0.1) is 5.82 Å². The van der Waals surface area contributed by atoms with Gasteiger partial charge in [0.25, 0.3) is 5.91 Å². The Morgan fingerprint density at radius 1 is 1.14 bits per heavy atom. The minimum Gasteiger partial charge on any atom is -0.508 e. The molecule has 0 heterocycles. The van der Waals surface area contributed by atoms with Crippen LogP contribution in [0.25, 0.3) is 0 Å². The molecule has 21 heavy (non-hydrogen) atoms. The van der Waals surface area contributed by atoms with Gasteiger partial charge in [0.2, 0.25) is 0 Å². The van der Waals surface area contributed by atoms with Crippen LogP contribution in [-0.2, 0) is 11.2 Å². The molecule has 0 aliphatic heterocycles. The predicted octanol–water partition coefficient (Wildman–Crippen LogP) is 2.41. The summed E-state index contributed by atoms with van der Waals surface area (Å²) in [5.74, 6) is -2.77. The van der Waals surface area contributed by atoms with E-state index in [2.05, 4.69) is 5.32 Å². The Hall–Kier alpha value is -2.89. The first-order chi connectivity index (χ1) is 9.95. The van der Waals surface area contributed by atoms with Crippen LogP contribution in [0.1, 0.15) is 15.9 Å². The number of carbonyl (C=O) groups is 2. The maximum absolute atomic E-state index is 13.6. The van der Waals surface area contributed by atoms with Gasteiger partial charge in [0.15, 0.2) is 0 Å². The zero-order chi connectivity index (χ0) is 15.4. The van der Waals surface area contributed by atoms with Gasteiger partial charge in [0.05, 0.1) is 12.0 Å². The topological polar surface area (TPSA) is 86.6 Å². The minimum atomic E-state index is -0.983. The van der Waals surface area contributed by atoms with E-state index in [-0.39, 0.29) is 17.7 Å². The molecule has 2 rings (SSSR count). The van der Waals surface area contributed by atoms with Crippen LogP contribution in [0.3, 0.4) is 0 Å². The largest absolute Gasteiger partial charge is 0.508 e. The fraction of sp³-hybridized carbons (Fsp3) is 0.0667. The van der Waals surface area contributed by atoms with Crippen LogP contribution in [0.2, 0.25) is 0 Å². The minimum absolute atomic E-state index is 0.169. The number of hydrogen-bond donors (Lipinski definition) is 3. The van der Waals surface area contributed by atoms with Crippen molar-refractivity contribution in [1.29, 1.82) is 0 Å². The highest BCUT2D eigenvalue weighted by atomic mass is 19.1. The standard InChI is InChI=1S/C15H12FNO4/c16-13-8-11(18)4-5-12(13)15(21)17-10-3-1-2-9(6-10)7-14(19)20/h1-6,8,18H,7H2,(H,17,21)(H,19,20). The summed E-state index contributed by atoms with van der Waals surface area (Å²) in [5, 5.41) is 20.3. The average molecular weight is 289 g/mol. The number of carboxylic acids is 1. The summed E-state index contributed by atoms with van der Waals surface area (Å²) in [5.41, 5.74) is 0.675. The number of hydrogen-bond acceptors (Lipinski definition) is 3. The van der Waals surface area contributed by atoms with Gasteiger partial charge in [-0.3, -0.25) is 9.59 Å². The number of phenolic OH excluding ortho intramolecular Hbond substituents is 1. The average Bonchev–Trinajstić information content (AvgIpc) is 2.37. The Morgan fingerprint density at radius 2 is 1.90 bits per heavy atom. The van der Waals surface area contributed by atoms with Gasteiger partial charge in [-0.2, -0.15) is 0 Å². The molecule has 5 nitrogen and oxygen atoms in total. The Morgan fingerprint density at radius 3 is 2.57 bits per heavy atom. The number of nitrogens with one attached hydrogen (secondary N) is 1. The van der Waals surface area contributed by atoms with Gasteiger partial charge in [-0.05, 0) is 29.8 Å². The molecule has 0 atom stereocenters. The molecule has 0 aromatic heterocycles. The second-order valence-corrected chi connectivity index (χ2v) is 4.39. The van der Waals surface area contributed by atoms with Crippen molar-refractivity contribution in [1.82, 2.24) is 0 Å². The number of aliphatic carboxylic acids is 1. The summed E-state index contributed by atoms with van der Waals surface area (Å²) in [6, 6.07) is 9.51. The molecule has 0 saturated carbocycles. The third-order valence-corrected chi connectivity index (χ3v) is 2.74. The number of halogens is 1. The van der Waals surface area contributed by atoms with Crippen molar-refractivity contribution in [2.24, 2.45) is 0 Å². The Bertz CT molecular complexity index is 700. The Labute approximate surface area is 119 Å². The van der Waals surface area contributed by atoms with Crippen LogP contribution in [0.4, 0.5) is 10.1 Å². The van der Waals surface area contributed by atoms with Gasteiger partial charge in [0, 0.05) is 11.8 Å². The molecule has 2 aromatic rings. The van der Waals surface area contributed by atoms with Crippen molar-refractivity contribution >= 4 is 17.6 Å². The van der Waals surface area contributed by atoms with Crippen LogP contribution < -0.4 is 5.32 Å². The van der Waals surface area contributed by atoms with Crippen molar-refractivity contribution in [2.75, 3.05) is 5.32 Å². The fourth-order valence-corrected chi connectivity index (χ4v) is 1.82. The highest BCUT2D eigenvalue weighted by Crippen LogP contribution is 2.17. The lowest BCUT2D eigenvalue weighted by Crippen LogP contribution is -2.14. The lowest BCUT2D eigenvalue weighted by molar-refractivity contribution is -0.136. The number of amides is 1. The molecule has 2 aromatic carbocycles. The summed E-state index contributed by atoms with van der Waals surface area (Å²) in [7, 11) is 0. The quantitative estimate of drug-likeness (QED) is 0.806. The molecule has 6 heteroatoms. The number of phenols is 1. The van der Waals surface area contributed by atoms with E-state index in [0.29, 0.717) is 11.3 Å². The van der Waals surface area contributed by atoms with E-state index in [4.69, 9.17) is 10.2 Å². The van der Waals surface area contributed by atoms with E-state index in [9.17, 15) is 14.0 Å². The molecule has 0 fully saturated rings. The van der Waals surface area contributed by atoms with Gasteiger partial charge in [0.1, 0.15) is 11.6 Å². The van der Waals surface area contributed by atoms with Crippen molar-refractivity contribution in [2.45, 2.75) is 6.42 Å². The number of anilines is 1. The van der Waals surface area contributed by atoms with Crippen LogP contribution in [-0.4, -0.2) is 22.1 Å². The van der Waals surface area contributed by atoms with Crippen molar-refractivity contribution in [3.63, 3.8) is 0 Å². The van der Waals surface area contributed by atoms with E-state index >= 15 is 0 Å². The van der Waals surface area contributed by atoms with Crippen LogP contribution in [0.15, 0.2) is 42.5 Å². The summed E-state index contributed by atoms with van der Waals surface area (Å²) >= 11 is 0. The molecule has 0 radical (unpaired) electrons. The second-order valence-electron chi connectivity index (χ2n) is 4.39. The number of benzene rings is 2. The summed E-state index contributed by atoms with van der Waals surface area (Å²) in [6.45, 7) is 0. The third kappa shape index (κ3) is 3.79. The van der Waals surface area contributed by atoms with E-state index < -0.39 is 17.7 Å². The van der Waals surface area contributed by atoms with Crippen LogP contribution >= 0.6 is 0 Å². The van der Waals surface area contributed by atoms with Crippen molar-refractivity contribution < 1.29 is 24.2 Å². The van der Waals surface area contributed by atoms with Gasteiger partial charge in [-0.1, -0.05) is 12.1 Å². The molecule has 108 valence electrons. The lowest BCUT2D eigenvalue weighted by Gasteiger charge is -2.07. The van der Waals surface area contributed by atoms with Gasteiger partial charge < -0.3 is 15.5 Å². The number of carbonyl (C=O) groups excluding carboxylic acids is 1. The molecule has 0 aliphatic carbocycles. The number of carboxylic acid groups (broad SMARTS) is 1. The summed E-state index contributed by atoms with van der Waals surface area (Å²) in [4.78, 5) is 22.6. The summed E-state index contributed by atoms with van der Waals surface area (Å²) < 4.78 is 13.6. The molecule has 0 saturated heterocycles. The normalized spacial score (nSPS) is 10.1. The zero-order valence-electron chi connectivity index (χ0n) is 10.8. The summed E-state index contributed by atoms with van der Waals surface area (Å²) in [6.07, 6.45) is -0.169. The first-order valence-electron chi connectivity index (χ1n) is 6.06. The first kappa shape index (κ1) is 14.5. The molecule has 0 unspecified atom stereocenters. The highest BCUT2D eigenvalue weighted by Gasteiger charge is 2.12. The van der Waals surface area contributed by atoms with Gasteiger partial charge in [-0.15, -0.1) is 0 Å². The monoisotopic (exact) mass is 289 g/mol. The highest BCUT2D eigenvalue weighted by molar-refractivity contribution is 6.04. The molecular formula is C15H12FNO4. The lowest BCUT2D eigenvalue weighted by atomic mass is 10.1. The maximum Gasteiger partial charge on any atom is 0.307 e. The SMILES string of the molecule is O=C(O)Cc1cccc(NC(=O)c2ccc(O)cc2F)c1. The van der Waals surface area contributed by atoms with E-state index in [0.717, 1.165) is 6.07 Å². The molecule has 0 spiro atoms. The number of aromatic hydroxyl groups is 1. The van der Waals surface area contributed by atoms with Crippen molar-refractivity contribution in [3.8, 4) is 5.75 Å². The smallest absolute Gasteiger partial charge is 0.307 e. The van der Waals surface area contributed by atoms with E-state index in [1.165, 1.54) is 18.2 Å². The Balaban J connectivity index is 2.17. The van der Waals surface area contributed by atoms with E-state index in [1.54, 1.807) is 18.2 Å². The second kappa shape index (κ2) is 6.04. The van der Waals surface area contributed by atoms with E-state index in [1.807, 2.05) is 0 Å². The molecule has 1 amide bonds. The van der Waals surface area contributed by atoms with Gasteiger partial charge >= 0.3 is 5.97 Å². The maximum atomic E-state index is 13.6. The third-order valence-electron chi connectivity index (χ3n) is 2.74. The molecular weight excluding hydrogens is 277 g/mol.